The number of nitrogens with zero attached hydrogens (tertiary/aromatic N) is 1. The maximum atomic E-state index is 13.5. The van der Waals surface area contributed by atoms with Crippen LogP contribution in [0.3, 0.4) is 0 Å². The van der Waals surface area contributed by atoms with E-state index in [4.69, 9.17) is 18.9 Å². The maximum absolute atomic E-state index is 13.5. The van der Waals surface area contributed by atoms with Gasteiger partial charge in [0.2, 0.25) is 0 Å². The molecule has 0 aromatic heterocycles. The number of fused-ring (bicyclic) bond motifs is 1. The van der Waals surface area contributed by atoms with E-state index in [0.717, 1.165) is 29.7 Å². The monoisotopic (exact) mass is 555 g/mol. The largest absolute Gasteiger partial charge is 0.507 e. The summed E-state index contributed by atoms with van der Waals surface area (Å²) in [5, 5.41) is 11.6. The van der Waals surface area contributed by atoms with E-state index in [-0.39, 0.29) is 30.1 Å². The van der Waals surface area contributed by atoms with Gasteiger partial charge in [-0.25, -0.2) is 0 Å². The summed E-state index contributed by atoms with van der Waals surface area (Å²) in [6.45, 7) is 3.21. The van der Waals surface area contributed by atoms with Crippen LogP contribution in [0.4, 0.5) is 0 Å². The summed E-state index contributed by atoms with van der Waals surface area (Å²) < 4.78 is 23.3. The Morgan fingerprint density at radius 3 is 2.63 bits per heavy atom. The first-order valence-electron chi connectivity index (χ1n) is 14.0. The van der Waals surface area contributed by atoms with Gasteiger partial charge in [0.15, 0.2) is 11.5 Å². The molecule has 2 saturated heterocycles. The first kappa shape index (κ1) is 26.9. The number of carbonyl (C=O) groups is 2. The Bertz CT molecular complexity index is 1490. The van der Waals surface area contributed by atoms with Crippen molar-refractivity contribution >= 4 is 17.4 Å². The Morgan fingerprint density at radius 1 is 1.05 bits per heavy atom. The van der Waals surface area contributed by atoms with Gasteiger partial charge in [0.25, 0.3) is 11.7 Å². The van der Waals surface area contributed by atoms with E-state index >= 15 is 0 Å². The number of ether oxygens (including phenoxy) is 4. The molecular weight excluding hydrogens is 522 g/mol. The Hall–Kier alpha value is -4.30. The van der Waals surface area contributed by atoms with Crippen molar-refractivity contribution in [2.75, 3.05) is 20.3 Å². The molecule has 8 nitrogen and oxygen atoms in total. The maximum Gasteiger partial charge on any atom is 0.295 e. The lowest BCUT2D eigenvalue weighted by Crippen LogP contribution is -2.36. The molecule has 0 radical (unpaired) electrons. The lowest BCUT2D eigenvalue weighted by molar-refractivity contribution is -0.140. The van der Waals surface area contributed by atoms with E-state index in [2.05, 4.69) is 0 Å². The van der Waals surface area contributed by atoms with Gasteiger partial charge in [-0.3, -0.25) is 9.59 Å². The minimum atomic E-state index is -0.820. The molecule has 3 aromatic carbocycles. The fourth-order valence-electron chi connectivity index (χ4n) is 5.86. The highest BCUT2D eigenvalue weighted by molar-refractivity contribution is 6.46. The van der Waals surface area contributed by atoms with E-state index in [0.29, 0.717) is 42.3 Å². The van der Waals surface area contributed by atoms with Crippen LogP contribution in [0.2, 0.25) is 0 Å². The third kappa shape index (κ3) is 5.27. The summed E-state index contributed by atoms with van der Waals surface area (Å²) >= 11 is 0. The molecule has 6 rings (SSSR count). The van der Waals surface area contributed by atoms with Gasteiger partial charge >= 0.3 is 0 Å². The van der Waals surface area contributed by atoms with E-state index in [1.54, 1.807) is 31.4 Å². The summed E-state index contributed by atoms with van der Waals surface area (Å²) in [5.74, 6) is 0.162. The van der Waals surface area contributed by atoms with Crippen molar-refractivity contribution in [2.45, 2.75) is 51.0 Å². The van der Waals surface area contributed by atoms with Crippen LogP contribution in [0.5, 0.6) is 17.2 Å². The SMILES string of the molecule is COc1cc([C@@H]2C(=C(O)c3ccc4c(c3)C[C@H](C)O4)C(=O)C(=O)N2C[C@H]2CCCO2)ccc1OCc1ccccc1. The van der Waals surface area contributed by atoms with E-state index in [1.807, 2.05) is 49.4 Å². The third-order valence-corrected chi connectivity index (χ3v) is 7.87. The van der Waals surface area contributed by atoms with Gasteiger partial charge in [-0.15, -0.1) is 0 Å². The molecule has 1 N–H and O–H groups in total. The van der Waals surface area contributed by atoms with Crippen LogP contribution in [0.25, 0.3) is 5.76 Å². The standard InChI is InChI=1S/C33H33NO7/c1-20-15-24-16-23(11-12-26(24)41-20)31(35)29-30(34(33(37)32(29)36)18-25-9-6-14-39-25)22-10-13-27(28(17-22)38-2)40-19-21-7-4-3-5-8-21/h3-5,7-8,10-13,16-17,20,25,30,35H,6,9,14-15,18-19H2,1-2H3/t20-,25+,30+/m0/s1. The van der Waals surface area contributed by atoms with Gasteiger partial charge in [-0.2, -0.15) is 0 Å². The second-order valence-corrected chi connectivity index (χ2v) is 10.7. The molecule has 0 bridgehead atoms. The van der Waals surface area contributed by atoms with E-state index in [9.17, 15) is 14.7 Å². The molecule has 0 saturated carbocycles. The minimum Gasteiger partial charge on any atom is -0.507 e. The molecule has 0 spiro atoms. The average molecular weight is 556 g/mol. The number of carbonyl (C=O) groups excluding carboxylic acids is 2. The zero-order valence-corrected chi connectivity index (χ0v) is 23.2. The summed E-state index contributed by atoms with van der Waals surface area (Å²) in [6.07, 6.45) is 2.26. The molecule has 41 heavy (non-hydrogen) atoms. The number of amides is 1. The number of methoxy groups -OCH3 is 1. The zero-order chi connectivity index (χ0) is 28.5. The Labute approximate surface area is 239 Å². The number of hydrogen-bond acceptors (Lipinski definition) is 7. The molecule has 3 aliphatic heterocycles. The number of likely N-dealkylation sites (tertiary alicyclic amines) is 1. The lowest BCUT2D eigenvalue weighted by Gasteiger charge is -2.28. The van der Waals surface area contributed by atoms with Crippen LogP contribution in [0.15, 0.2) is 72.3 Å². The van der Waals surface area contributed by atoms with Crippen LogP contribution in [-0.4, -0.2) is 54.2 Å². The van der Waals surface area contributed by atoms with Gasteiger partial charge in [-0.05, 0) is 66.8 Å². The summed E-state index contributed by atoms with van der Waals surface area (Å²) in [7, 11) is 1.55. The molecule has 2 fully saturated rings. The molecule has 212 valence electrons. The fourth-order valence-corrected chi connectivity index (χ4v) is 5.86. The van der Waals surface area contributed by atoms with E-state index < -0.39 is 17.7 Å². The molecule has 0 unspecified atom stereocenters. The van der Waals surface area contributed by atoms with Gasteiger partial charge < -0.3 is 29.0 Å². The molecular formula is C33H33NO7. The highest BCUT2D eigenvalue weighted by atomic mass is 16.5. The van der Waals surface area contributed by atoms with Crippen LogP contribution in [-0.2, 0) is 27.4 Å². The minimum absolute atomic E-state index is 0.0366. The van der Waals surface area contributed by atoms with Gasteiger partial charge in [0, 0.05) is 25.1 Å². The highest BCUT2D eigenvalue weighted by Gasteiger charge is 2.47. The Balaban J connectivity index is 1.39. The number of ketones is 1. The van der Waals surface area contributed by atoms with Crippen molar-refractivity contribution in [1.29, 1.82) is 0 Å². The molecule has 0 aliphatic carbocycles. The number of aliphatic hydroxyl groups is 1. The molecule has 8 heteroatoms. The number of Topliss-reactive ketones (excluding diaryl/α,β-unsaturated/α-hetero) is 1. The summed E-state index contributed by atoms with van der Waals surface area (Å²) in [6, 6.07) is 19.7. The van der Waals surface area contributed by atoms with Crippen LogP contribution < -0.4 is 14.2 Å². The van der Waals surface area contributed by atoms with Crippen molar-refractivity contribution in [3.63, 3.8) is 0 Å². The smallest absolute Gasteiger partial charge is 0.295 e. The number of benzene rings is 3. The highest BCUT2D eigenvalue weighted by Crippen LogP contribution is 2.43. The fraction of sp³-hybridized carbons (Fsp3) is 0.333. The van der Waals surface area contributed by atoms with Crippen LogP contribution >= 0.6 is 0 Å². The summed E-state index contributed by atoms with van der Waals surface area (Å²) in [4.78, 5) is 28.5. The normalized spacial score (nSPS) is 23.0. The van der Waals surface area contributed by atoms with Crippen molar-refractivity contribution in [1.82, 2.24) is 4.90 Å². The molecule has 3 aliphatic rings. The predicted octanol–water partition coefficient (Wildman–Crippen LogP) is 5.20. The number of rotatable bonds is 8. The molecule has 1 amide bonds. The van der Waals surface area contributed by atoms with Crippen molar-refractivity contribution in [2.24, 2.45) is 0 Å². The number of hydrogen-bond donors (Lipinski definition) is 1. The third-order valence-electron chi connectivity index (χ3n) is 7.87. The van der Waals surface area contributed by atoms with Gasteiger partial charge in [0.05, 0.1) is 24.8 Å². The van der Waals surface area contributed by atoms with Crippen molar-refractivity contribution in [3.05, 3.63) is 94.6 Å². The molecule has 3 atom stereocenters. The van der Waals surface area contributed by atoms with Gasteiger partial charge in [0.1, 0.15) is 24.2 Å². The lowest BCUT2D eigenvalue weighted by atomic mass is 9.94. The average Bonchev–Trinajstić information content (AvgIpc) is 3.70. The second-order valence-electron chi connectivity index (χ2n) is 10.7. The molecule has 3 heterocycles. The first-order chi connectivity index (χ1) is 19.9. The molecule has 3 aromatic rings. The van der Waals surface area contributed by atoms with Crippen LogP contribution in [0, 0.1) is 0 Å². The Morgan fingerprint density at radius 2 is 1.88 bits per heavy atom. The first-order valence-corrected chi connectivity index (χ1v) is 14.0. The zero-order valence-electron chi connectivity index (χ0n) is 23.2. The van der Waals surface area contributed by atoms with Crippen LogP contribution in [0.1, 0.15) is 48.1 Å². The quantitative estimate of drug-likeness (QED) is 0.232. The topological polar surface area (TPSA) is 94.5 Å². The van der Waals surface area contributed by atoms with Crippen molar-refractivity contribution in [3.8, 4) is 17.2 Å². The second kappa shape index (κ2) is 11.3. The van der Waals surface area contributed by atoms with E-state index in [1.165, 1.54) is 4.90 Å². The summed E-state index contributed by atoms with van der Waals surface area (Å²) in [5.41, 5.74) is 3.10. The van der Waals surface area contributed by atoms with Crippen molar-refractivity contribution < 1.29 is 33.6 Å². The Kier molecular flexibility index (Phi) is 7.41. The number of aliphatic hydroxyl groups excluding tert-OH is 1. The van der Waals surface area contributed by atoms with Gasteiger partial charge in [-0.1, -0.05) is 36.4 Å². The predicted molar refractivity (Wildman–Crippen MR) is 152 cm³/mol.